The molecule has 3 rings (SSSR count). The van der Waals surface area contributed by atoms with Crippen molar-refractivity contribution >= 4 is 17.4 Å². The largest absolute Gasteiger partial charge is 0.383 e. The van der Waals surface area contributed by atoms with Crippen molar-refractivity contribution in [1.82, 2.24) is 10.2 Å². The lowest BCUT2D eigenvalue weighted by atomic mass is 10.0. The first kappa shape index (κ1) is 10.8. The van der Waals surface area contributed by atoms with Gasteiger partial charge in [0.25, 0.3) is 5.91 Å². The first-order valence-electron chi connectivity index (χ1n) is 5.96. The first-order chi connectivity index (χ1) is 8.77. The molecule has 1 amide bonds. The van der Waals surface area contributed by atoms with Crippen LogP contribution in [0.2, 0.25) is 0 Å². The van der Waals surface area contributed by atoms with E-state index >= 15 is 0 Å². The van der Waals surface area contributed by atoms with Gasteiger partial charge in [-0.3, -0.25) is 9.89 Å². The molecule has 0 spiro atoms. The molecule has 0 radical (unpaired) electrons. The van der Waals surface area contributed by atoms with Crippen molar-refractivity contribution < 1.29 is 4.79 Å². The molecule has 1 aromatic heterocycles. The minimum atomic E-state index is -0.0894. The van der Waals surface area contributed by atoms with E-state index in [0.717, 1.165) is 25.1 Å². The highest BCUT2D eigenvalue weighted by Crippen LogP contribution is 2.28. The second-order valence-corrected chi connectivity index (χ2v) is 4.39. The van der Waals surface area contributed by atoms with Crippen LogP contribution in [0.5, 0.6) is 0 Å². The molecule has 1 aliphatic heterocycles. The van der Waals surface area contributed by atoms with Crippen LogP contribution in [0.3, 0.4) is 0 Å². The summed E-state index contributed by atoms with van der Waals surface area (Å²) in [6, 6.07) is 7.98. The summed E-state index contributed by atoms with van der Waals surface area (Å²) >= 11 is 0. The van der Waals surface area contributed by atoms with Gasteiger partial charge in [0, 0.05) is 12.2 Å². The molecule has 0 saturated carbocycles. The van der Waals surface area contributed by atoms with Crippen LogP contribution in [0.15, 0.2) is 30.5 Å². The Bertz CT molecular complexity index is 590. The lowest BCUT2D eigenvalue weighted by molar-refractivity contribution is 0.0986. The minimum Gasteiger partial charge on any atom is -0.383 e. The van der Waals surface area contributed by atoms with Gasteiger partial charge in [0.2, 0.25) is 0 Å². The van der Waals surface area contributed by atoms with Crippen molar-refractivity contribution in [3.05, 3.63) is 41.6 Å². The van der Waals surface area contributed by atoms with E-state index in [1.54, 1.807) is 4.90 Å². The zero-order valence-corrected chi connectivity index (χ0v) is 9.89. The highest BCUT2D eigenvalue weighted by Gasteiger charge is 2.25. The summed E-state index contributed by atoms with van der Waals surface area (Å²) in [5, 5.41) is 6.39. The molecular weight excluding hydrogens is 228 g/mol. The van der Waals surface area contributed by atoms with Gasteiger partial charge in [-0.2, -0.15) is 5.10 Å². The van der Waals surface area contributed by atoms with Crippen molar-refractivity contribution in [2.24, 2.45) is 0 Å². The van der Waals surface area contributed by atoms with Crippen LogP contribution >= 0.6 is 0 Å². The highest BCUT2D eigenvalue weighted by molar-refractivity contribution is 6.09. The van der Waals surface area contributed by atoms with Crippen LogP contribution < -0.4 is 10.6 Å². The zero-order valence-electron chi connectivity index (χ0n) is 9.89. The third-order valence-corrected chi connectivity index (χ3v) is 3.25. The number of para-hydroxylation sites is 1. The van der Waals surface area contributed by atoms with Crippen LogP contribution in [0, 0.1) is 0 Å². The maximum absolute atomic E-state index is 12.4. The van der Waals surface area contributed by atoms with E-state index in [1.165, 1.54) is 11.8 Å². The predicted molar refractivity (Wildman–Crippen MR) is 69.4 cm³/mol. The second kappa shape index (κ2) is 4.18. The van der Waals surface area contributed by atoms with E-state index in [1.807, 2.05) is 18.2 Å². The second-order valence-electron chi connectivity index (χ2n) is 4.39. The van der Waals surface area contributed by atoms with Crippen LogP contribution in [-0.2, 0) is 6.42 Å². The number of aromatic amines is 1. The van der Waals surface area contributed by atoms with E-state index in [-0.39, 0.29) is 5.91 Å². The molecule has 1 aromatic carbocycles. The molecule has 0 atom stereocenters. The Morgan fingerprint density at radius 1 is 1.39 bits per heavy atom. The molecule has 0 fully saturated rings. The summed E-state index contributed by atoms with van der Waals surface area (Å²) in [6.07, 6.45) is 3.47. The number of hydrogen-bond acceptors (Lipinski definition) is 3. The Hall–Kier alpha value is -2.30. The number of anilines is 2. The summed E-state index contributed by atoms with van der Waals surface area (Å²) in [5.74, 6) is 0.233. The average Bonchev–Trinajstić information content (AvgIpc) is 2.83. The maximum Gasteiger partial charge on any atom is 0.263 e. The van der Waals surface area contributed by atoms with Gasteiger partial charge in [-0.1, -0.05) is 18.2 Å². The fraction of sp³-hybridized carbons (Fsp3) is 0.231. The number of carbonyl (C=O) groups is 1. The number of nitrogens with zero attached hydrogens (tertiary/aromatic N) is 2. The molecule has 2 aromatic rings. The van der Waals surface area contributed by atoms with Gasteiger partial charge in [-0.15, -0.1) is 0 Å². The number of rotatable bonds is 1. The number of hydrogen-bond donors (Lipinski definition) is 2. The van der Waals surface area contributed by atoms with E-state index in [0.29, 0.717) is 11.4 Å². The van der Waals surface area contributed by atoms with E-state index in [2.05, 4.69) is 16.3 Å². The van der Waals surface area contributed by atoms with Crippen molar-refractivity contribution in [3.8, 4) is 0 Å². The minimum absolute atomic E-state index is 0.0894. The smallest absolute Gasteiger partial charge is 0.263 e. The summed E-state index contributed by atoms with van der Waals surface area (Å²) in [7, 11) is 0. The zero-order chi connectivity index (χ0) is 12.5. The van der Waals surface area contributed by atoms with E-state index in [9.17, 15) is 4.79 Å². The number of fused-ring (bicyclic) bond motifs is 1. The maximum atomic E-state index is 12.4. The fourth-order valence-corrected chi connectivity index (χ4v) is 2.36. The lowest BCUT2D eigenvalue weighted by Crippen LogP contribution is -2.35. The van der Waals surface area contributed by atoms with Crippen LogP contribution in [-0.4, -0.2) is 22.6 Å². The van der Waals surface area contributed by atoms with Gasteiger partial charge in [-0.05, 0) is 24.5 Å². The summed E-state index contributed by atoms with van der Waals surface area (Å²) < 4.78 is 0. The topological polar surface area (TPSA) is 75.0 Å². The summed E-state index contributed by atoms with van der Waals surface area (Å²) in [6.45, 7) is 0.723. The van der Waals surface area contributed by atoms with Gasteiger partial charge >= 0.3 is 0 Å². The number of nitrogen functional groups attached to an aromatic ring is 1. The number of aryl methyl sites for hydroxylation is 1. The molecule has 5 heteroatoms. The Morgan fingerprint density at radius 3 is 3.00 bits per heavy atom. The molecule has 2 heterocycles. The molecule has 92 valence electrons. The van der Waals surface area contributed by atoms with Crippen molar-refractivity contribution in [2.45, 2.75) is 12.8 Å². The van der Waals surface area contributed by atoms with Gasteiger partial charge < -0.3 is 10.6 Å². The number of benzene rings is 1. The standard InChI is InChI=1S/C13H14N4O/c14-12-10(8-15-16-12)13(18)17-7-3-5-9-4-1-2-6-11(9)17/h1-2,4,6,8H,3,5,7H2,(H3,14,15,16). The Morgan fingerprint density at radius 2 is 2.22 bits per heavy atom. The number of nitrogens with one attached hydrogen (secondary N) is 1. The van der Waals surface area contributed by atoms with Crippen LogP contribution in [0.25, 0.3) is 0 Å². The summed E-state index contributed by atoms with van der Waals surface area (Å²) in [5.41, 5.74) is 8.33. The molecular formula is C13H14N4O. The molecule has 3 N–H and O–H groups in total. The molecule has 18 heavy (non-hydrogen) atoms. The monoisotopic (exact) mass is 242 g/mol. The van der Waals surface area contributed by atoms with Crippen LogP contribution in [0.1, 0.15) is 22.3 Å². The van der Waals surface area contributed by atoms with Gasteiger partial charge in [0.05, 0.1) is 6.20 Å². The molecule has 0 aliphatic carbocycles. The Labute approximate surface area is 105 Å². The van der Waals surface area contributed by atoms with Crippen molar-refractivity contribution in [1.29, 1.82) is 0 Å². The molecule has 5 nitrogen and oxygen atoms in total. The van der Waals surface area contributed by atoms with Gasteiger partial charge in [0.15, 0.2) is 0 Å². The Kier molecular flexibility index (Phi) is 2.51. The predicted octanol–water partition coefficient (Wildman–Crippen LogP) is 1.58. The normalized spacial score (nSPS) is 14.3. The third kappa shape index (κ3) is 1.64. The average molecular weight is 242 g/mol. The van der Waals surface area contributed by atoms with Crippen molar-refractivity contribution in [2.75, 3.05) is 17.2 Å². The van der Waals surface area contributed by atoms with E-state index < -0.39 is 0 Å². The summed E-state index contributed by atoms with van der Waals surface area (Å²) in [4.78, 5) is 14.2. The Balaban J connectivity index is 2.00. The molecule has 0 unspecified atom stereocenters. The third-order valence-electron chi connectivity index (χ3n) is 3.25. The fourth-order valence-electron chi connectivity index (χ4n) is 2.36. The molecule has 1 aliphatic rings. The number of nitrogens with two attached hydrogens (primary N) is 1. The number of amides is 1. The number of H-pyrrole nitrogens is 1. The molecule has 0 saturated heterocycles. The van der Waals surface area contributed by atoms with Crippen LogP contribution in [0.4, 0.5) is 11.5 Å². The van der Waals surface area contributed by atoms with Gasteiger partial charge in [-0.25, -0.2) is 0 Å². The van der Waals surface area contributed by atoms with Gasteiger partial charge in [0.1, 0.15) is 11.4 Å². The first-order valence-corrected chi connectivity index (χ1v) is 5.96. The van der Waals surface area contributed by atoms with E-state index in [4.69, 9.17) is 5.73 Å². The van der Waals surface area contributed by atoms with Crippen molar-refractivity contribution in [3.63, 3.8) is 0 Å². The number of carbonyl (C=O) groups excluding carboxylic acids is 1. The SMILES string of the molecule is Nc1[nH]ncc1C(=O)N1CCCc2ccccc21. The quantitative estimate of drug-likeness (QED) is 0.797. The number of aromatic nitrogens is 2. The molecule has 0 bridgehead atoms. The highest BCUT2D eigenvalue weighted by atomic mass is 16.2. The lowest BCUT2D eigenvalue weighted by Gasteiger charge is -2.29.